The summed E-state index contributed by atoms with van der Waals surface area (Å²) in [5.74, 6) is 0.155. The van der Waals surface area contributed by atoms with Crippen molar-refractivity contribution in [3.63, 3.8) is 0 Å². The fourth-order valence-electron chi connectivity index (χ4n) is 4.61. The molecule has 3 heteroatoms. The molecule has 140 valence electrons. The first kappa shape index (κ1) is 17.3. The van der Waals surface area contributed by atoms with E-state index in [0.717, 1.165) is 11.1 Å². The number of carbonyl (C=O) groups excluding carboxylic acids is 1. The van der Waals surface area contributed by atoms with Crippen LogP contribution in [0.25, 0.3) is 0 Å². The predicted octanol–water partition coefficient (Wildman–Crippen LogP) is 5.02. The van der Waals surface area contributed by atoms with Gasteiger partial charge in [-0.2, -0.15) is 0 Å². The lowest BCUT2D eigenvalue weighted by Gasteiger charge is -2.41. The molecule has 0 amide bonds. The van der Waals surface area contributed by atoms with E-state index in [1.54, 1.807) is 24.3 Å². The second-order valence-electron chi connectivity index (χ2n) is 7.20. The lowest BCUT2D eigenvalue weighted by atomic mass is 9.59. The van der Waals surface area contributed by atoms with Crippen molar-refractivity contribution in [2.75, 3.05) is 0 Å². The van der Waals surface area contributed by atoms with Gasteiger partial charge >= 0.3 is 0 Å². The minimum atomic E-state index is -1.03. The molecule has 0 atom stereocenters. The van der Waals surface area contributed by atoms with Crippen molar-refractivity contribution in [3.05, 3.63) is 130 Å². The van der Waals surface area contributed by atoms with Gasteiger partial charge in [0.05, 0.1) is 5.41 Å². The number of phenols is 2. The number of para-hydroxylation sites is 2. The SMILES string of the molecule is O=C1c2ccccc2C(c2ccccc2O)(c2ccccc2O)c2ccccc21. The van der Waals surface area contributed by atoms with Gasteiger partial charge in [0, 0.05) is 22.3 Å². The topological polar surface area (TPSA) is 57.5 Å². The van der Waals surface area contributed by atoms with Gasteiger partial charge in [-0.15, -0.1) is 0 Å². The molecule has 0 radical (unpaired) electrons. The fourth-order valence-corrected chi connectivity index (χ4v) is 4.61. The lowest BCUT2D eigenvalue weighted by Crippen LogP contribution is -2.38. The van der Waals surface area contributed by atoms with Crippen molar-refractivity contribution in [3.8, 4) is 11.5 Å². The third-order valence-electron chi connectivity index (χ3n) is 5.77. The number of aromatic hydroxyl groups is 2. The lowest BCUT2D eigenvalue weighted by molar-refractivity contribution is 0.103. The average Bonchev–Trinajstić information content (AvgIpc) is 2.76. The molecular weight excluding hydrogens is 360 g/mol. The van der Waals surface area contributed by atoms with Crippen molar-refractivity contribution in [2.24, 2.45) is 0 Å². The maximum Gasteiger partial charge on any atom is 0.193 e. The molecule has 3 nitrogen and oxygen atoms in total. The molecule has 1 aliphatic carbocycles. The van der Waals surface area contributed by atoms with Gasteiger partial charge in [-0.25, -0.2) is 0 Å². The Morgan fingerprint density at radius 2 is 0.828 bits per heavy atom. The van der Waals surface area contributed by atoms with Crippen molar-refractivity contribution < 1.29 is 15.0 Å². The van der Waals surface area contributed by atoms with Crippen molar-refractivity contribution >= 4 is 5.78 Å². The van der Waals surface area contributed by atoms with E-state index in [4.69, 9.17) is 0 Å². The van der Waals surface area contributed by atoms with Crippen LogP contribution in [-0.4, -0.2) is 16.0 Å². The quantitative estimate of drug-likeness (QED) is 0.453. The summed E-state index contributed by atoms with van der Waals surface area (Å²) in [7, 11) is 0. The summed E-state index contributed by atoms with van der Waals surface area (Å²) in [5, 5.41) is 21.9. The standard InChI is InChI=1S/C26H18O3/c27-23-15-7-5-13-21(23)26(22-14-6-8-16-24(22)28)19-11-3-1-9-17(19)25(29)18-10-2-4-12-20(18)26/h1-16,27-28H. The zero-order chi connectivity index (χ0) is 20.0. The van der Waals surface area contributed by atoms with Crippen LogP contribution >= 0.6 is 0 Å². The Morgan fingerprint density at radius 1 is 0.483 bits per heavy atom. The third-order valence-corrected chi connectivity index (χ3v) is 5.77. The van der Waals surface area contributed by atoms with Crippen LogP contribution in [0.5, 0.6) is 11.5 Å². The van der Waals surface area contributed by atoms with Crippen LogP contribution in [0, 0.1) is 0 Å². The summed E-state index contributed by atoms with van der Waals surface area (Å²) in [6.45, 7) is 0. The Labute approximate surface area is 168 Å². The molecule has 0 fully saturated rings. The molecule has 5 rings (SSSR count). The summed E-state index contributed by atoms with van der Waals surface area (Å²) in [5.41, 5.74) is 2.83. The number of rotatable bonds is 2. The summed E-state index contributed by atoms with van der Waals surface area (Å²) < 4.78 is 0. The Balaban J connectivity index is 2.05. The van der Waals surface area contributed by atoms with Crippen LogP contribution in [0.4, 0.5) is 0 Å². The molecule has 0 spiro atoms. The van der Waals surface area contributed by atoms with Gasteiger partial charge in [0.2, 0.25) is 0 Å². The highest BCUT2D eigenvalue weighted by Gasteiger charge is 2.48. The van der Waals surface area contributed by atoms with E-state index in [1.807, 2.05) is 72.8 Å². The van der Waals surface area contributed by atoms with E-state index in [0.29, 0.717) is 22.3 Å². The van der Waals surface area contributed by atoms with Crippen LogP contribution in [0.3, 0.4) is 0 Å². The zero-order valence-electron chi connectivity index (χ0n) is 15.5. The van der Waals surface area contributed by atoms with Crippen LogP contribution < -0.4 is 0 Å². The number of fused-ring (bicyclic) bond motifs is 2. The van der Waals surface area contributed by atoms with Crippen LogP contribution in [0.2, 0.25) is 0 Å². The first-order chi connectivity index (χ1) is 14.2. The maximum atomic E-state index is 13.3. The van der Waals surface area contributed by atoms with E-state index in [1.165, 1.54) is 0 Å². The molecule has 0 bridgehead atoms. The number of hydrogen-bond donors (Lipinski definition) is 2. The zero-order valence-corrected chi connectivity index (χ0v) is 15.5. The highest BCUT2D eigenvalue weighted by atomic mass is 16.3. The van der Waals surface area contributed by atoms with Gasteiger partial charge in [0.15, 0.2) is 5.78 Å². The van der Waals surface area contributed by atoms with Gasteiger partial charge in [-0.05, 0) is 23.3 Å². The van der Waals surface area contributed by atoms with Crippen LogP contribution in [-0.2, 0) is 5.41 Å². The fraction of sp³-hybridized carbons (Fsp3) is 0.0385. The molecule has 0 unspecified atom stereocenters. The van der Waals surface area contributed by atoms with Gasteiger partial charge in [-0.1, -0.05) is 84.9 Å². The molecule has 4 aromatic carbocycles. The molecule has 29 heavy (non-hydrogen) atoms. The predicted molar refractivity (Wildman–Crippen MR) is 112 cm³/mol. The van der Waals surface area contributed by atoms with Gasteiger partial charge in [0.1, 0.15) is 11.5 Å². The number of phenolic OH excluding ortho intramolecular Hbond substituents is 2. The second kappa shape index (κ2) is 6.35. The van der Waals surface area contributed by atoms with Gasteiger partial charge < -0.3 is 10.2 Å². The average molecular weight is 378 g/mol. The van der Waals surface area contributed by atoms with Crippen molar-refractivity contribution in [2.45, 2.75) is 5.41 Å². The Morgan fingerprint density at radius 3 is 1.24 bits per heavy atom. The second-order valence-corrected chi connectivity index (χ2v) is 7.20. The molecule has 0 aliphatic heterocycles. The third kappa shape index (κ3) is 2.28. The van der Waals surface area contributed by atoms with E-state index in [2.05, 4.69) is 0 Å². The Hall–Kier alpha value is -3.85. The summed E-state index contributed by atoms with van der Waals surface area (Å²) >= 11 is 0. The number of carbonyl (C=O) groups is 1. The molecule has 0 aromatic heterocycles. The first-order valence-electron chi connectivity index (χ1n) is 9.46. The smallest absolute Gasteiger partial charge is 0.193 e. The molecule has 1 aliphatic rings. The summed E-state index contributed by atoms with van der Waals surface area (Å²) in [6, 6.07) is 29.1. The summed E-state index contributed by atoms with van der Waals surface area (Å²) in [6.07, 6.45) is 0. The van der Waals surface area contributed by atoms with E-state index in [-0.39, 0.29) is 17.3 Å². The highest BCUT2D eigenvalue weighted by Crippen LogP contribution is 2.54. The minimum absolute atomic E-state index is 0.0577. The van der Waals surface area contributed by atoms with Gasteiger partial charge in [0.25, 0.3) is 0 Å². The largest absolute Gasteiger partial charge is 0.508 e. The minimum Gasteiger partial charge on any atom is -0.508 e. The van der Waals surface area contributed by atoms with Crippen molar-refractivity contribution in [1.82, 2.24) is 0 Å². The van der Waals surface area contributed by atoms with E-state index < -0.39 is 5.41 Å². The monoisotopic (exact) mass is 378 g/mol. The normalized spacial score (nSPS) is 14.1. The molecule has 2 N–H and O–H groups in total. The molecule has 0 saturated carbocycles. The molecule has 0 saturated heterocycles. The van der Waals surface area contributed by atoms with E-state index in [9.17, 15) is 15.0 Å². The van der Waals surface area contributed by atoms with Gasteiger partial charge in [-0.3, -0.25) is 4.79 Å². The van der Waals surface area contributed by atoms with Crippen LogP contribution in [0.15, 0.2) is 97.1 Å². The number of hydrogen-bond acceptors (Lipinski definition) is 3. The molecule has 4 aromatic rings. The molecular formula is C26H18O3. The van der Waals surface area contributed by atoms with E-state index >= 15 is 0 Å². The number of benzene rings is 4. The highest BCUT2D eigenvalue weighted by molar-refractivity contribution is 6.14. The Kier molecular flexibility index (Phi) is 3.78. The Bertz CT molecular complexity index is 1160. The summed E-state index contributed by atoms with van der Waals surface area (Å²) in [4.78, 5) is 13.3. The van der Waals surface area contributed by atoms with Crippen molar-refractivity contribution in [1.29, 1.82) is 0 Å². The molecule has 0 heterocycles. The van der Waals surface area contributed by atoms with Crippen LogP contribution in [0.1, 0.15) is 38.2 Å². The maximum absolute atomic E-state index is 13.3. The number of ketones is 1. The first-order valence-corrected chi connectivity index (χ1v) is 9.46.